The van der Waals surface area contributed by atoms with Crippen molar-refractivity contribution in [3.05, 3.63) is 16.3 Å². The Hall–Kier alpha value is -2.26. The zero-order valence-corrected chi connectivity index (χ0v) is 19.0. The van der Waals surface area contributed by atoms with Gasteiger partial charge >= 0.3 is 6.03 Å². The number of imide groups is 1. The van der Waals surface area contributed by atoms with E-state index in [1.165, 1.54) is 16.9 Å². The molecule has 0 unspecified atom stereocenters. The lowest BCUT2D eigenvalue weighted by molar-refractivity contribution is -0.125. The Balaban J connectivity index is 1.22. The van der Waals surface area contributed by atoms with E-state index in [4.69, 9.17) is 10.7 Å². The van der Waals surface area contributed by atoms with E-state index in [1.54, 1.807) is 11.3 Å². The predicted octanol–water partition coefficient (Wildman–Crippen LogP) is 2.25. The predicted molar refractivity (Wildman–Crippen MR) is 121 cm³/mol. The van der Waals surface area contributed by atoms with Gasteiger partial charge in [-0.2, -0.15) is 0 Å². The first kappa shape index (κ1) is 20.6. The van der Waals surface area contributed by atoms with Crippen LogP contribution in [0.4, 0.5) is 10.6 Å². The maximum absolute atomic E-state index is 12.2. The molecule has 2 fully saturated rings. The fourth-order valence-electron chi connectivity index (χ4n) is 5.36. The lowest BCUT2D eigenvalue weighted by Crippen LogP contribution is -2.53. The van der Waals surface area contributed by atoms with Crippen molar-refractivity contribution < 1.29 is 9.59 Å². The highest BCUT2D eigenvalue weighted by atomic mass is 32.1. The smallest absolute Gasteiger partial charge is 0.322 e. The van der Waals surface area contributed by atoms with E-state index in [1.807, 2.05) is 6.92 Å². The minimum Gasteiger partial charge on any atom is -0.383 e. The summed E-state index contributed by atoms with van der Waals surface area (Å²) in [5, 5.41) is 6.28. The molecule has 5 rings (SSSR count). The van der Waals surface area contributed by atoms with E-state index in [2.05, 4.69) is 27.4 Å². The van der Waals surface area contributed by atoms with Crippen LogP contribution in [0.3, 0.4) is 0 Å². The topological polar surface area (TPSA) is 113 Å². The lowest BCUT2D eigenvalue weighted by atomic mass is 9.79. The number of thiophene rings is 1. The molecule has 2 atom stereocenters. The molecule has 2 aromatic heterocycles. The summed E-state index contributed by atoms with van der Waals surface area (Å²) in [5.74, 6) is 2.11. The van der Waals surface area contributed by atoms with Crippen molar-refractivity contribution >= 4 is 39.3 Å². The van der Waals surface area contributed by atoms with Crippen LogP contribution in [-0.2, 0) is 24.1 Å². The summed E-state index contributed by atoms with van der Waals surface area (Å²) in [5.41, 5.74) is 6.95. The number of hydrogen-bond donors (Lipinski definition) is 3. The molecular formula is C22H30N6O2S. The van der Waals surface area contributed by atoms with Gasteiger partial charge in [-0.25, -0.2) is 14.8 Å². The number of urea groups is 1. The Bertz CT molecular complexity index is 1040. The molecule has 2 aliphatic heterocycles. The van der Waals surface area contributed by atoms with Crippen molar-refractivity contribution in [3.8, 4) is 0 Å². The molecule has 0 bridgehead atoms. The van der Waals surface area contributed by atoms with Crippen molar-refractivity contribution in [1.82, 2.24) is 25.5 Å². The number of rotatable bonds is 4. The maximum atomic E-state index is 12.2. The summed E-state index contributed by atoms with van der Waals surface area (Å²) >= 11 is 1.79. The molecule has 4 N–H and O–H groups in total. The molecule has 166 valence electrons. The summed E-state index contributed by atoms with van der Waals surface area (Å²) in [6.07, 6.45) is 5.93. The van der Waals surface area contributed by atoms with Crippen LogP contribution in [0.25, 0.3) is 10.2 Å². The van der Waals surface area contributed by atoms with Gasteiger partial charge in [0, 0.05) is 17.8 Å². The van der Waals surface area contributed by atoms with Crippen LogP contribution in [0.15, 0.2) is 0 Å². The third kappa shape index (κ3) is 3.67. The Morgan fingerprint density at radius 1 is 1.23 bits per heavy atom. The van der Waals surface area contributed by atoms with E-state index in [9.17, 15) is 9.59 Å². The second-order valence-electron chi connectivity index (χ2n) is 9.53. The fourth-order valence-corrected chi connectivity index (χ4v) is 6.77. The van der Waals surface area contributed by atoms with Gasteiger partial charge in [0.2, 0.25) is 0 Å². The van der Waals surface area contributed by atoms with Crippen molar-refractivity contribution in [1.29, 1.82) is 0 Å². The van der Waals surface area contributed by atoms with Crippen molar-refractivity contribution in [3.63, 3.8) is 0 Å². The molecule has 4 heterocycles. The number of fused-ring (bicyclic) bond motifs is 3. The lowest BCUT2D eigenvalue weighted by Gasteiger charge is -2.38. The largest absolute Gasteiger partial charge is 0.383 e. The number of aromatic nitrogens is 2. The van der Waals surface area contributed by atoms with Gasteiger partial charge in [-0.15, -0.1) is 11.3 Å². The number of aryl methyl sites for hydroxylation is 1. The minimum atomic E-state index is -0.790. The molecule has 9 heteroatoms. The summed E-state index contributed by atoms with van der Waals surface area (Å²) in [4.78, 5) is 38.1. The van der Waals surface area contributed by atoms with E-state index >= 15 is 0 Å². The molecule has 3 aliphatic rings. The number of nitrogens with two attached hydrogens (primary N) is 1. The Morgan fingerprint density at radius 3 is 2.71 bits per heavy atom. The summed E-state index contributed by atoms with van der Waals surface area (Å²) in [7, 11) is 0. The molecule has 0 aromatic carbocycles. The van der Waals surface area contributed by atoms with E-state index in [0.717, 1.165) is 73.7 Å². The molecule has 0 saturated carbocycles. The Kier molecular flexibility index (Phi) is 5.13. The number of nitrogens with one attached hydrogen (secondary N) is 2. The average Bonchev–Trinajstić information content (AvgIpc) is 3.22. The average molecular weight is 443 g/mol. The van der Waals surface area contributed by atoms with Crippen LogP contribution in [0, 0.1) is 11.8 Å². The molecular weight excluding hydrogens is 412 g/mol. The first-order chi connectivity index (χ1) is 14.8. The number of nitrogens with zero attached hydrogens (tertiary/aromatic N) is 3. The number of carbonyl (C=O) groups excluding carboxylic acids is 2. The van der Waals surface area contributed by atoms with Gasteiger partial charge in [0.05, 0.1) is 5.39 Å². The third-order valence-electron chi connectivity index (χ3n) is 7.36. The van der Waals surface area contributed by atoms with Gasteiger partial charge in [0.25, 0.3) is 5.91 Å². The molecule has 31 heavy (non-hydrogen) atoms. The molecule has 0 radical (unpaired) electrons. The highest BCUT2D eigenvalue weighted by molar-refractivity contribution is 7.19. The molecule has 0 spiro atoms. The Labute approximate surface area is 186 Å². The van der Waals surface area contributed by atoms with Gasteiger partial charge < -0.3 is 16.0 Å². The van der Waals surface area contributed by atoms with Crippen molar-refractivity contribution in [2.24, 2.45) is 11.8 Å². The first-order valence-electron chi connectivity index (χ1n) is 11.3. The molecule has 2 saturated heterocycles. The Morgan fingerprint density at radius 2 is 2.00 bits per heavy atom. The molecule has 8 nitrogen and oxygen atoms in total. The monoisotopic (exact) mass is 442 g/mol. The number of likely N-dealkylation sites (tertiary alicyclic amines) is 1. The number of amides is 3. The van der Waals surface area contributed by atoms with Crippen LogP contribution in [0.1, 0.15) is 49.4 Å². The van der Waals surface area contributed by atoms with Crippen molar-refractivity contribution in [2.75, 3.05) is 25.4 Å². The second-order valence-corrected chi connectivity index (χ2v) is 10.6. The highest BCUT2D eigenvalue weighted by Crippen LogP contribution is 2.39. The fraction of sp³-hybridized carbons (Fsp3) is 0.636. The normalized spacial score (nSPS) is 27.4. The number of nitrogen functional groups attached to an aromatic ring is 1. The van der Waals surface area contributed by atoms with Crippen LogP contribution in [-0.4, -0.2) is 52.0 Å². The molecule has 3 amide bonds. The number of carbonyl (C=O) groups is 2. The third-order valence-corrected chi connectivity index (χ3v) is 8.51. The number of anilines is 1. The number of piperidine rings is 1. The summed E-state index contributed by atoms with van der Waals surface area (Å²) in [6.45, 7) is 6.80. The van der Waals surface area contributed by atoms with Gasteiger partial charge in [-0.3, -0.25) is 10.1 Å². The van der Waals surface area contributed by atoms with Crippen LogP contribution in [0.2, 0.25) is 0 Å². The van der Waals surface area contributed by atoms with E-state index in [0.29, 0.717) is 5.82 Å². The van der Waals surface area contributed by atoms with Gasteiger partial charge in [0.15, 0.2) is 0 Å². The first-order valence-corrected chi connectivity index (χ1v) is 12.1. The summed E-state index contributed by atoms with van der Waals surface area (Å²) in [6, 6.07) is -0.384. The van der Waals surface area contributed by atoms with E-state index < -0.39 is 5.54 Å². The van der Waals surface area contributed by atoms with E-state index in [-0.39, 0.29) is 17.9 Å². The minimum absolute atomic E-state index is 0.151. The molecule has 1 aliphatic carbocycles. The zero-order chi connectivity index (χ0) is 21.8. The van der Waals surface area contributed by atoms with Crippen molar-refractivity contribution in [2.45, 2.75) is 57.9 Å². The highest BCUT2D eigenvalue weighted by Gasteiger charge is 2.48. The SMILES string of the molecule is C[C@@H]1CCc2c(sc3nc(CCN4CCC([C@]5(C)NC(=O)NC5=O)CC4)nc(N)c23)C1. The van der Waals surface area contributed by atoms with Crippen LogP contribution in [0.5, 0.6) is 0 Å². The molecule has 2 aromatic rings. The van der Waals surface area contributed by atoms with Gasteiger partial charge in [0.1, 0.15) is 22.0 Å². The van der Waals surface area contributed by atoms with Gasteiger partial charge in [-0.1, -0.05) is 6.92 Å². The van der Waals surface area contributed by atoms with Gasteiger partial charge in [-0.05, 0) is 69.5 Å². The number of hydrogen-bond acceptors (Lipinski definition) is 7. The maximum Gasteiger partial charge on any atom is 0.322 e. The van der Waals surface area contributed by atoms with Crippen LogP contribution >= 0.6 is 11.3 Å². The zero-order valence-electron chi connectivity index (χ0n) is 18.2. The summed E-state index contributed by atoms with van der Waals surface area (Å²) < 4.78 is 0. The quantitative estimate of drug-likeness (QED) is 0.626. The standard InChI is InChI=1S/C22H30N6O2S/c1-12-3-4-14-15(11-12)31-19-17(14)18(23)24-16(25-19)7-10-28-8-5-13(6-9-28)22(2)20(29)26-21(30)27-22/h12-13H,3-11H2,1-2H3,(H2,23,24,25)(H2,26,27,29,30)/t12-,22+/m1/s1. The van der Waals surface area contributed by atoms with Crippen LogP contribution < -0.4 is 16.4 Å². The second kappa shape index (κ2) is 7.70.